The summed E-state index contributed by atoms with van der Waals surface area (Å²) < 4.78 is 0. The highest BCUT2D eigenvalue weighted by molar-refractivity contribution is 7.09. The number of hydrogen-bond acceptors (Lipinski definition) is 4. The fraction of sp³-hybridized carbons (Fsp3) is 0.667. The van der Waals surface area contributed by atoms with Crippen LogP contribution in [0.1, 0.15) is 23.5 Å². The number of hydrogen-bond donors (Lipinski definition) is 2. The molecule has 0 radical (unpaired) electrons. The monoisotopic (exact) mass is 253 g/mol. The minimum Gasteiger partial charge on any atom is -0.355 e. The first kappa shape index (κ1) is 12.5. The zero-order valence-corrected chi connectivity index (χ0v) is 11.0. The first-order valence-corrected chi connectivity index (χ1v) is 7.03. The third-order valence-electron chi connectivity index (χ3n) is 2.97. The third-order valence-corrected chi connectivity index (χ3v) is 4.00. The lowest BCUT2D eigenvalue weighted by atomic mass is 9.99. The van der Waals surface area contributed by atoms with Crippen LogP contribution < -0.4 is 10.6 Å². The average molecular weight is 253 g/mol. The van der Waals surface area contributed by atoms with Gasteiger partial charge in [-0.2, -0.15) is 0 Å². The van der Waals surface area contributed by atoms with Gasteiger partial charge in [-0.1, -0.05) is 0 Å². The zero-order valence-electron chi connectivity index (χ0n) is 10.2. The van der Waals surface area contributed by atoms with Gasteiger partial charge in [0.05, 0.1) is 10.9 Å². The number of carbonyl (C=O) groups excluding carboxylic acids is 1. The maximum absolute atomic E-state index is 11.8. The van der Waals surface area contributed by atoms with Gasteiger partial charge < -0.3 is 10.6 Å². The molecule has 5 heteroatoms. The van der Waals surface area contributed by atoms with Crippen molar-refractivity contribution in [2.45, 2.75) is 26.2 Å². The van der Waals surface area contributed by atoms with Crippen LogP contribution in [0.25, 0.3) is 0 Å². The van der Waals surface area contributed by atoms with Gasteiger partial charge in [-0.15, -0.1) is 11.3 Å². The van der Waals surface area contributed by atoms with Crippen molar-refractivity contribution in [3.8, 4) is 0 Å². The largest absolute Gasteiger partial charge is 0.355 e. The number of amides is 1. The molecule has 4 nitrogen and oxygen atoms in total. The second-order valence-electron chi connectivity index (χ2n) is 4.47. The van der Waals surface area contributed by atoms with E-state index in [0.29, 0.717) is 6.54 Å². The second kappa shape index (κ2) is 6.12. The van der Waals surface area contributed by atoms with E-state index in [1.165, 1.54) is 0 Å². The predicted molar refractivity (Wildman–Crippen MR) is 69.2 cm³/mol. The maximum atomic E-state index is 11.8. The molecule has 1 aromatic rings. The van der Waals surface area contributed by atoms with Crippen molar-refractivity contribution in [3.63, 3.8) is 0 Å². The highest BCUT2D eigenvalue weighted by Gasteiger charge is 2.20. The van der Waals surface area contributed by atoms with Crippen molar-refractivity contribution in [3.05, 3.63) is 16.1 Å². The van der Waals surface area contributed by atoms with Crippen molar-refractivity contribution < 1.29 is 4.79 Å². The van der Waals surface area contributed by atoms with Gasteiger partial charge in [0, 0.05) is 30.6 Å². The number of nitrogens with one attached hydrogen (secondary N) is 2. The van der Waals surface area contributed by atoms with Gasteiger partial charge in [0.25, 0.3) is 0 Å². The first-order valence-electron chi connectivity index (χ1n) is 6.15. The fourth-order valence-electron chi connectivity index (χ4n) is 2.03. The number of aromatic nitrogens is 1. The van der Waals surface area contributed by atoms with Gasteiger partial charge in [-0.05, 0) is 26.3 Å². The lowest BCUT2D eigenvalue weighted by molar-refractivity contribution is -0.125. The molecule has 1 aromatic heterocycles. The molecule has 2 N–H and O–H groups in total. The van der Waals surface area contributed by atoms with Gasteiger partial charge in [0.15, 0.2) is 0 Å². The highest BCUT2D eigenvalue weighted by Crippen LogP contribution is 2.11. The third kappa shape index (κ3) is 3.78. The Morgan fingerprint density at radius 1 is 1.71 bits per heavy atom. The number of rotatable bonds is 4. The molecule has 0 bridgehead atoms. The van der Waals surface area contributed by atoms with Gasteiger partial charge in [0.2, 0.25) is 5.91 Å². The molecule has 2 heterocycles. The van der Waals surface area contributed by atoms with Gasteiger partial charge in [-0.3, -0.25) is 4.79 Å². The van der Waals surface area contributed by atoms with E-state index in [1.807, 2.05) is 12.3 Å². The molecular formula is C12H19N3OS. The van der Waals surface area contributed by atoms with Crippen molar-refractivity contribution >= 4 is 17.2 Å². The summed E-state index contributed by atoms with van der Waals surface area (Å²) in [6, 6.07) is 0. The summed E-state index contributed by atoms with van der Waals surface area (Å²) in [5.74, 6) is 0.340. The van der Waals surface area contributed by atoms with Crippen LogP contribution in [0.3, 0.4) is 0 Å². The smallest absolute Gasteiger partial charge is 0.224 e. The normalized spacial score (nSPS) is 20.2. The molecule has 0 aliphatic carbocycles. The molecule has 1 aliphatic rings. The molecule has 0 aromatic carbocycles. The summed E-state index contributed by atoms with van der Waals surface area (Å²) in [5.41, 5.74) is 1.06. The molecule has 17 heavy (non-hydrogen) atoms. The Bertz CT molecular complexity index is 372. The topological polar surface area (TPSA) is 54.0 Å². The Hall–Kier alpha value is -0.940. The predicted octanol–water partition coefficient (Wildman–Crippen LogP) is 1.11. The number of piperidine rings is 1. The van der Waals surface area contributed by atoms with E-state index in [-0.39, 0.29) is 11.8 Å². The lowest BCUT2D eigenvalue weighted by Gasteiger charge is -2.21. The molecule has 0 spiro atoms. The number of thiazole rings is 1. The minimum absolute atomic E-state index is 0.154. The van der Waals surface area contributed by atoms with E-state index < -0.39 is 0 Å². The lowest BCUT2D eigenvalue weighted by Crippen LogP contribution is -2.41. The Balaban J connectivity index is 1.69. The highest BCUT2D eigenvalue weighted by atomic mass is 32.1. The van der Waals surface area contributed by atoms with Crippen LogP contribution in [0.2, 0.25) is 0 Å². The number of carbonyl (C=O) groups is 1. The number of aryl methyl sites for hydroxylation is 1. The molecule has 2 rings (SSSR count). The minimum atomic E-state index is 0.154. The average Bonchev–Trinajstić information content (AvgIpc) is 2.76. The number of nitrogens with zero attached hydrogens (tertiary/aromatic N) is 1. The van der Waals surface area contributed by atoms with E-state index >= 15 is 0 Å². The molecule has 94 valence electrons. The zero-order chi connectivity index (χ0) is 12.1. The van der Waals surface area contributed by atoms with Gasteiger partial charge >= 0.3 is 0 Å². The van der Waals surface area contributed by atoms with Crippen LogP contribution >= 0.6 is 11.3 Å². The SMILES string of the molecule is Cc1csc(CCNC(=O)C2CCCNC2)n1. The standard InChI is InChI=1S/C12H19N3OS/c1-9-8-17-11(15-9)4-6-14-12(16)10-3-2-5-13-7-10/h8,10,13H,2-7H2,1H3,(H,14,16). The second-order valence-corrected chi connectivity index (χ2v) is 5.41. The maximum Gasteiger partial charge on any atom is 0.224 e. The van der Waals surface area contributed by atoms with Crippen LogP contribution in [0.15, 0.2) is 5.38 Å². The van der Waals surface area contributed by atoms with Crippen LogP contribution in [-0.4, -0.2) is 30.5 Å². The summed E-state index contributed by atoms with van der Waals surface area (Å²) in [6.07, 6.45) is 2.95. The van der Waals surface area contributed by atoms with Crippen molar-refractivity contribution in [2.75, 3.05) is 19.6 Å². The van der Waals surface area contributed by atoms with E-state index in [4.69, 9.17) is 0 Å². The molecule has 1 saturated heterocycles. The Morgan fingerprint density at radius 3 is 3.24 bits per heavy atom. The van der Waals surface area contributed by atoms with Crippen LogP contribution in [0, 0.1) is 12.8 Å². The van der Waals surface area contributed by atoms with E-state index in [2.05, 4.69) is 15.6 Å². The Labute approximate surface area is 106 Å². The molecule has 1 unspecified atom stereocenters. The van der Waals surface area contributed by atoms with Crippen molar-refractivity contribution in [1.82, 2.24) is 15.6 Å². The quantitative estimate of drug-likeness (QED) is 0.845. The Morgan fingerprint density at radius 2 is 2.59 bits per heavy atom. The van der Waals surface area contributed by atoms with Crippen molar-refractivity contribution in [1.29, 1.82) is 0 Å². The molecule has 0 saturated carbocycles. The summed E-state index contributed by atoms with van der Waals surface area (Å²) in [4.78, 5) is 16.2. The summed E-state index contributed by atoms with van der Waals surface area (Å²) in [5, 5.41) is 9.40. The molecule has 1 atom stereocenters. The van der Waals surface area contributed by atoms with Gasteiger partial charge in [-0.25, -0.2) is 4.98 Å². The van der Waals surface area contributed by atoms with E-state index in [1.54, 1.807) is 11.3 Å². The van der Waals surface area contributed by atoms with Gasteiger partial charge in [0.1, 0.15) is 0 Å². The van der Waals surface area contributed by atoms with E-state index in [9.17, 15) is 4.79 Å². The summed E-state index contributed by atoms with van der Waals surface area (Å²) in [7, 11) is 0. The summed E-state index contributed by atoms with van der Waals surface area (Å²) >= 11 is 1.66. The van der Waals surface area contributed by atoms with Crippen LogP contribution in [0.5, 0.6) is 0 Å². The van der Waals surface area contributed by atoms with Crippen molar-refractivity contribution in [2.24, 2.45) is 5.92 Å². The van der Waals surface area contributed by atoms with Crippen LogP contribution in [0.4, 0.5) is 0 Å². The van der Waals surface area contributed by atoms with Crippen LogP contribution in [-0.2, 0) is 11.2 Å². The fourth-order valence-corrected chi connectivity index (χ4v) is 2.81. The molecular weight excluding hydrogens is 234 g/mol. The molecule has 1 fully saturated rings. The molecule has 1 amide bonds. The molecule has 1 aliphatic heterocycles. The van der Waals surface area contributed by atoms with E-state index in [0.717, 1.165) is 43.1 Å². The Kier molecular flexibility index (Phi) is 4.50. The summed E-state index contributed by atoms with van der Waals surface area (Å²) in [6.45, 7) is 4.55. The first-order chi connectivity index (χ1) is 8.25.